The van der Waals surface area contributed by atoms with Gasteiger partial charge in [-0.05, 0) is 43.3 Å². The summed E-state index contributed by atoms with van der Waals surface area (Å²) in [5.74, 6) is 0.829. The monoisotopic (exact) mass is 364 g/mol. The van der Waals surface area contributed by atoms with Gasteiger partial charge in [0.05, 0.1) is 17.4 Å². The third-order valence-electron chi connectivity index (χ3n) is 3.60. The molecule has 2 aromatic heterocycles. The second kappa shape index (κ2) is 8.27. The van der Waals surface area contributed by atoms with E-state index < -0.39 is 0 Å². The summed E-state index contributed by atoms with van der Waals surface area (Å²) in [5.41, 5.74) is 2.14. The Labute approximate surface area is 155 Å². The quantitative estimate of drug-likeness (QED) is 0.676. The van der Waals surface area contributed by atoms with Gasteiger partial charge in [-0.1, -0.05) is 11.8 Å². The van der Waals surface area contributed by atoms with Gasteiger partial charge in [0.15, 0.2) is 11.0 Å². The van der Waals surface area contributed by atoms with E-state index in [1.807, 2.05) is 29.7 Å². The Morgan fingerprint density at radius 3 is 2.58 bits per heavy atom. The van der Waals surface area contributed by atoms with Gasteiger partial charge in [0.25, 0.3) is 0 Å². The molecule has 3 rings (SSSR count). The summed E-state index contributed by atoms with van der Waals surface area (Å²) in [5, 5.41) is 20.7. The van der Waals surface area contributed by atoms with E-state index in [-0.39, 0.29) is 11.7 Å². The van der Waals surface area contributed by atoms with Crippen LogP contribution in [0.2, 0.25) is 0 Å². The summed E-state index contributed by atoms with van der Waals surface area (Å²) in [7, 11) is 0. The summed E-state index contributed by atoms with van der Waals surface area (Å²) in [6.07, 6.45) is 3.42. The fourth-order valence-electron chi connectivity index (χ4n) is 2.35. The average Bonchev–Trinajstić information content (AvgIpc) is 3.10. The van der Waals surface area contributed by atoms with Crippen molar-refractivity contribution in [2.45, 2.75) is 18.6 Å². The molecule has 1 amide bonds. The summed E-state index contributed by atoms with van der Waals surface area (Å²) < 4.78 is 1.97. The van der Waals surface area contributed by atoms with Gasteiger partial charge in [-0.25, -0.2) is 0 Å². The third-order valence-corrected chi connectivity index (χ3v) is 4.57. The van der Waals surface area contributed by atoms with Crippen molar-refractivity contribution >= 4 is 23.4 Å². The molecule has 7 nitrogen and oxygen atoms in total. The predicted octanol–water partition coefficient (Wildman–Crippen LogP) is 2.96. The molecule has 0 aliphatic rings. The SMILES string of the molecule is CCn1c(SCC(=O)Nc2ccc(C#N)cc2)nnc1-c1ccncc1. The van der Waals surface area contributed by atoms with E-state index in [1.165, 1.54) is 11.8 Å². The number of hydrogen-bond acceptors (Lipinski definition) is 6. The fraction of sp³-hybridized carbons (Fsp3) is 0.167. The van der Waals surface area contributed by atoms with Gasteiger partial charge in [-0.3, -0.25) is 9.78 Å². The molecular formula is C18H16N6OS. The first-order valence-electron chi connectivity index (χ1n) is 7.97. The molecule has 0 radical (unpaired) electrons. The number of pyridine rings is 1. The van der Waals surface area contributed by atoms with E-state index in [1.54, 1.807) is 36.7 Å². The van der Waals surface area contributed by atoms with Crippen LogP contribution >= 0.6 is 11.8 Å². The van der Waals surface area contributed by atoms with Crippen LogP contribution in [0.3, 0.4) is 0 Å². The lowest BCUT2D eigenvalue weighted by Crippen LogP contribution is -2.14. The number of carbonyl (C=O) groups excluding carboxylic acids is 1. The number of nitrogens with one attached hydrogen (secondary N) is 1. The number of nitrogens with zero attached hydrogens (tertiary/aromatic N) is 5. The number of thioether (sulfide) groups is 1. The maximum Gasteiger partial charge on any atom is 0.234 e. The van der Waals surface area contributed by atoms with Crippen molar-refractivity contribution in [1.29, 1.82) is 5.26 Å². The van der Waals surface area contributed by atoms with Gasteiger partial charge in [0.1, 0.15) is 0 Å². The fourth-order valence-corrected chi connectivity index (χ4v) is 3.15. The molecule has 3 aromatic rings. The molecule has 26 heavy (non-hydrogen) atoms. The lowest BCUT2D eigenvalue weighted by atomic mass is 10.2. The largest absolute Gasteiger partial charge is 0.325 e. The van der Waals surface area contributed by atoms with Crippen LogP contribution in [-0.4, -0.2) is 31.4 Å². The highest BCUT2D eigenvalue weighted by Crippen LogP contribution is 2.23. The molecule has 0 aliphatic heterocycles. The molecule has 2 heterocycles. The Balaban J connectivity index is 1.65. The number of nitriles is 1. The van der Waals surface area contributed by atoms with Crippen molar-refractivity contribution in [3.63, 3.8) is 0 Å². The Morgan fingerprint density at radius 1 is 1.19 bits per heavy atom. The van der Waals surface area contributed by atoms with E-state index >= 15 is 0 Å². The molecule has 0 atom stereocenters. The molecule has 0 saturated heterocycles. The number of benzene rings is 1. The summed E-state index contributed by atoms with van der Waals surface area (Å²) in [4.78, 5) is 16.2. The average molecular weight is 364 g/mol. The molecule has 0 fully saturated rings. The molecule has 0 spiro atoms. The first-order chi connectivity index (χ1) is 12.7. The lowest BCUT2D eigenvalue weighted by Gasteiger charge is -2.08. The molecule has 0 saturated carbocycles. The maximum atomic E-state index is 12.2. The number of anilines is 1. The van der Waals surface area contributed by atoms with Gasteiger partial charge in [0.2, 0.25) is 5.91 Å². The molecule has 0 bridgehead atoms. The molecule has 0 unspecified atom stereocenters. The topological polar surface area (TPSA) is 96.5 Å². The normalized spacial score (nSPS) is 10.3. The zero-order chi connectivity index (χ0) is 18.4. The number of hydrogen-bond donors (Lipinski definition) is 1. The number of carbonyl (C=O) groups is 1. The molecular weight excluding hydrogens is 348 g/mol. The number of rotatable bonds is 6. The molecule has 1 N–H and O–H groups in total. The summed E-state index contributed by atoms with van der Waals surface area (Å²) >= 11 is 1.33. The van der Waals surface area contributed by atoms with Crippen LogP contribution in [0.4, 0.5) is 5.69 Å². The Kier molecular flexibility index (Phi) is 5.61. The Hall–Kier alpha value is -3.18. The highest BCUT2D eigenvalue weighted by molar-refractivity contribution is 7.99. The van der Waals surface area contributed by atoms with Crippen molar-refractivity contribution in [3.05, 3.63) is 54.4 Å². The van der Waals surface area contributed by atoms with Crippen molar-refractivity contribution in [2.24, 2.45) is 0 Å². The van der Waals surface area contributed by atoms with Crippen LogP contribution in [0.5, 0.6) is 0 Å². The van der Waals surface area contributed by atoms with Crippen LogP contribution in [0.15, 0.2) is 53.9 Å². The zero-order valence-electron chi connectivity index (χ0n) is 14.1. The molecule has 8 heteroatoms. The van der Waals surface area contributed by atoms with Crippen molar-refractivity contribution in [2.75, 3.05) is 11.1 Å². The van der Waals surface area contributed by atoms with Crippen LogP contribution in [0.25, 0.3) is 11.4 Å². The molecule has 130 valence electrons. The summed E-state index contributed by atoms with van der Waals surface area (Å²) in [6.45, 7) is 2.71. The van der Waals surface area contributed by atoms with Crippen molar-refractivity contribution < 1.29 is 4.79 Å². The minimum Gasteiger partial charge on any atom is -0.325 e. The smallest absolute Gasteiger partial charge is 0.234 e. The second-order valence-electron chi connectivity index (χ2n) is 5.31. The third kappa shape index (κ3) is 4.07. The van der Waals surface area contributed by atoms with E-state index in [0.717, 1.165) is 11.4 Å². The van der Waals surface area contributed by atoms with Gasteiger partial charge in [-0.15, -0.1) is 10.2 Å². The van der Waals surface area contributed by atoms with Crippen molar-refractivity contribution in [3.8, 4) is 17.5 Å². The van der Waals surface area contributed by atoms with Crippen LogP contribution in [-0.2, 0) is 11.3 Å². The Morgan fingerprint density at radius 2 is 1.92 bits per heavy atom. The van der Waals surface area contributed by atoms with E-state index in [9.17, 15) is 4.79 Å². The first-order valence-corrected chi connectivity index (χ1v) is 8.96. The van der Waals surface area contributed by atoms with Crippen molar-refractivity contribution in [1.82, 2.24) is 19.7 Å². The number of amides is 1. The van der Waals surface area contributed by atoms with E-state index in [0.29, 0.717) is 23.0 Å². The number of aromatic nitrogens is 4. The van der Waals surface area contributed by atoms with Gasteiger partial charge >= 0.3 is 0 Å². The lowest BCUT2D eigenvalue weighted by molar-refractivity contribution is -0.113. The first kappa shape index (κ1) is 17.6. The highest BCUT2D eigenvalue weighted by Gasteiger charge is 2.14. The summed E-state index contributed by atoms with van der Waals surface area (Å²) in [6, 6.07) is 12.5. The minimum absolute atomic E-state index is 0.143. The highest BCUT2D eigenvalue weighted by atomic mass is 32.2. The van der Waals surface area contributed by atoms with E-state index in [2.05, 4.69) is 20.5 Å². The van der Waals surface area contributed by atoms with Gasteiger partial charge < -0.3 is 9.88 Å². The predicted molar refractivity (Wildman–Crippen MR) is 99.4 cm³/mol. The van der Waals surface area contributed by atoms with Crippen LogP contribution < -0.4 is 5.32 Å². The van der Waals surface area contributed by atoms with E-state index in [4.69, 9.17) is 5.26 Å². The van der Waals surface area contributed by atoms with Gasteiger partial charge in [0, 0.05) is 30.2 Å². The zero-order valence-corrected chi connectivity index (χ0v) is 14.9. The molecule has 0 aliphatic carbocycles. The van der Waals surface area contributed by atoms with Gasteiger partial charge in [-0.2, -0.15) is 5.26 Å². The van der Waals surface area contributed by atoms with Crippen LogP contribution in [0.1, 0.15) is 12.5 Å². The Bertz CT molecular complexity index is 931. The second-order valence-corrected chi connectivity index (χ2v) is 6.25. The molecule has 1 aromatic carbocycles. The standard InChI is InChI=1S/C18H16N6OS/c1-2-24-17(14-7-9-20-10-8-14)22-23-18(24)26-12-16(25)21-15-5-3-13(11-19)4-6-15/h3-10H,2,12H2,1H3,(H,21,25). The van der Waals surface area contributed by atoms with Crippen LogP contribution in [0, 0.1) is 11.3 Å². The maximum absolute atomic E-state index is 12.2. The minimum atomic E-state index is -0.143.